The average Bonchev–Trinajstić information content (AvgIpc) is 3.31. The molecule has 1 N–H and O–H groups in total. The van der Waals surface area contributed by atoms with E-state index in [2.05, 4.69) is 36.8 Å². The van der Waals surface area contributed by atoms with Gasteiger partial charge in [-0.1, -0.05) is 0 Å². The molecule has 0 bridgehead atoms. The number of imidazole rings is 1. The van der Waals surface area contributed by atoms with Crippen molar-refractivity contribution in [1.82, 2.24) is 24.3 Å². The number of piperidine rings is 2. The lowest BCUT2D eigenvalue weighted by Gasteiger charge is -2.51. The van der Waals surface area contributed by atoms with Gasteiger partial charge in [-0.15, -0.1) is 11.3 Å². The molecule has 2 aliphatic rings. The molecule has 0 aliphatic carbocycles. The van der Waals surface area contributed by atoms with Crippen molar-refractivity contribution in [3.8, 4) is 0 Å². The van der Waals surface area contributed by atoms with Crippen LogP contribution in [0, 0.1) is 11.3 Å². The predicted octanol–water partition coefficient (Wildman–Crippen LogP) is 1.97. The molecule has 4 heterocycles. The van der Waals surface area contributed by atoms with Crippen LogP contribution >= 0.6 is 11.3 Å². The van der Waals surface area contributed by atoms with Gasteiger partial charge in [0.25, 0.3) is 0 Å². The first-order valence-electron chi connectivity index (χ1n) is 9.56. The van der Waals surface area contributed by atoms with Gasteiger partial charge in [-0.3, -0.25) is 9.80 Å². The zero-order valence-electron chi connectivity index (χ0n) is 15.5. The number of aryl methyl sites for hydroxylation is 1. The highest BCUT2D eigenvalue weighted by molar-refractivity contribution is 7.07. The van der Waals surface area contributed by atoms with E-state index >= 15 is 0 Å². The van der Waals surface area contributed by atoms with Crippen LogP contribution < -0.4 is 0 Å². The number of aliphatic hydroxyl groups excluding tert-OH is 1. The minimum absolute atomic E-state index is 0.301. The van der Waals surface area contributed by atoms with E-state index in [4.69, 9.17) is 0 Å². The van der Waals surface area contributed by atoms with Crippen LogP contribution in [0.1, 0.15) is 30.7 Å². The van der Waals surface area contributed by atoms with Crippen LogP contribution in [0.3, 0.4) is 0 Å². The molecule has 4 rings (SSSR count). The lowest BCUT2D eigenvalue weighted by atomic mass is 9.64. The van der Waals surface area contributed by atoms with Gasteiger partial charge in [0.2, 0.25) is 0 Å². The maximum atomic E-state index is 10.1. The molecule has 2 aromatic heterocycles. The summed E-state index contributed by atoms with van der Waals surface area (Å²) in [5.74, 6) is 0.383. The summed E-state index contributed by atoms with van der Waals surface area (Å²) < 4.78 is 2.11. The number of aliphatic hydroxyl groups is 1. The molecule has 2 aliphatic heterocycles. The molecule has 7 heteroatoms. The Morgan fingerprint density at radius 1 is 1.19 bits per heavy atom. The Morgan fingerprint density at radius 2 is 1.96 bits per heavy atom. The zero-order valence-corrected chi connectivity index (χ0v) is 16.4. The fraction of sp³-hybridized carbons (Fsp3) is 0.684. The van der Waals surface area contributed by atoms with E-state index in [0.29, 0.717) is 17.9 Å². The number of hydrogen-bond acceptors (Lipinski definition) is 6. The fourth-order valence-corrected chi connectivity index (χ4v) is 5.25. The van der Waals surface area contributed by atoms with E-state index in [1.165, 1.54) is 25.0 Å². The van der Waals surface area contributed by atoms with E-state index < -0.39 is 0 Å². The minimum atomic E-state index is 0.301. The van der Waals surface area contributed by atoms with Gasteiger partial charge in [-0.25, -0.2) is 9.97 Å². The Morgan fingerprint density at radius 3 is 2.58 bits per heavy atom. The van der Waals surface area contributed by atoms with Crippen molar-refractivity contribution in [3.63, 3.8) is 0 Å². The summed E-state index contributed by atoms with van der Waals surface area (Å²) in [5.41, 5.74) is 4.66. The molecule has 1 unspecified atom stereocenters. The zero-order chi connectivity index (χ0) is 18.0. The van der Waals surface area contributed by atoms with E-state index in [1.807, 2.05) is 18.0 Å². The van der Waals surface area contributed by atoms with Crippen molar-refractivity contribution >= 4 is 11.3 Å². The highest BCUT2D eigenvalue weighted by atomic mass is 32.1. The first-order valence-corrected chi connectivity index (χ1v) is 10.5. The highest BCUT2D eigenvalue weighted by Crippen LogP contribution is 2.45. The van der Waals surface area contributed by atoms with Crippen LogP contribution in [0.5, 0.6) is 0 Å². The maximum absolute atomic E-state index is 10.1. The van der Waals surface area contributed by atoms with Gasteiger partial charge < -0.3 is 9.67 Å². The summed E-state index contributed by atoms with van der Waals surface area (Å²) in [6.07, 6.45) is 7.43. The van der Waals surface area contributed by atoms with Crippen molar-refractivity contribution in [3.05, 3.63) is 34.8 Å². The molecule has 2 fully saturated rings. The molecule has 1 spiro atoms. The number of thiazole rings is 1. The summed E-state index contributed by atoms with van der Waals surface area (Å²) in [6, 6.07) is 0. The van der Waals surface area contributed by atoms with Gasteiger partial charge in [-0.05, 0) is 44.3 Å². The van der Waals surface area contributed by atoms with Gasteiger partial charge in [-0.2, -0.15) is 0 Å². The second-order valence-corrected chi connectivity index (χ2v) is 8.70. The molecule has 6 nitrogen and oxygen atoms in total. The standard InChI is InChI=1S/C19H29N5OS/c1-22-14-20-8-18(22)11-23-5-2-19(3-6-23)4-7-24(9-16(19)12-25)10-17-13-26-15-21-17/h8,13-16,25H,2-7,9-12H2,1H3. The van der Waals surface area contributed by atoms with E-state index in [1.54, 1.807) is 11.3 Å². The van der Waals surface area contributed by atoms with Gasteiger partial charge in [0.05, 0.1) is 23.2 Å². The van der Waals surface area contributed by atoms with E-state index in [9.17, 15) is 5.11 Å². The highest BCUT2D eigenvalue weighted by Gasteiger charge is 2.44. The fourth-order valence-electron chi connectivity index (χ4n) is 4.70. The molecule has 1 atom stereocenters. The van der Waals surface area contributed by atoms with Gasteiger partial charge in [0, 0.05) is 50.8 Å². The first-order chi connectivity index (χ1) is 12.7. The Bertz CT molecular complexity index is 693. The molecular formula is C19H29N5OS. The van der Waals surface area contributed by atoms with Gasteiger partial charge in [0.15, 0.2) is 0 Å². The Kier molecular flexibility index (Phi) is 5.40. The summed E-state index contributed by atoms with van der Waals surface area (Å²) in [7, 11) is 2.06. The Balaban J connectivity index is 1.34. The smallest absolute Gasteiger partial charge is 0.0945 e. The van der Waals surface area contributed by atoms with Crippen molar-refractivity contribution in [2.45, 2.75) is 32.4 Å². The van der Waals surface area contributed by atoms with Crippen LogP contribution in [0.25, 0.3) is 0 Å². The molecule has 0 saturated carbocycles. The first kappa shape index (κ1) is 18.1. The molecule has 26 heavy (non-hydrogen) atoms. The average molecular weight is 376 g/mol. The largest absolute Gasteiger partial charge is 0.396 e. The van der Waals surface area contributed by atoms with E-state index in [-0.39, 0.29) is 0 Å². The Labute approximate surface area is 159 Å². The molecule has 0 aromatic carbocycles. The second kappa shape index (κ2) is 7.76. The monoisotopic (exact) mass is 375 g/mol. The summed E-state index contributed by atoms with van der Waals surface area (Å²) in [5, 5.41) is 12.2. The normalized spacial score (nSPS) is 24.3. The number of rotatable bonds is 5. The van der Waals surface area contributed by atoms with Crippen LogP contribution in [0.4, 0.5) is 0 Å². The van der Waals surface area contributed by atoms with Crippen LogP contribution in [0.2, 0.25) is 0 Å². The number of aromatic nitrogens is 3. The molecule has 2 saturated heterocycles. The van der Waals surface area contributed by atoms with Gasteiger partial charge >= 0.3 is 0 Å². The third kappa shape index (κ3) is 3.71. The third-order valence-corrected chi connectivity index (χ3v) is 7.15. The molecule has 0 radical (unpaired) electrons. The predicted molar refractivity (Wildman–Crippen MR) is 103 cm³/mol. The molecular weight excluding hydrogens is 346 g/mol. The van der Waals surface area contributed by atoms with Crippen molar-refractivity contribution < 1.29 is 5.11 Å². The SMILES string of the molecule is Cn1cncc1CN1CCC2(CC1)CCN(Cc1cscn1)CC2CO. The lowest BCUT2D eigenvalue weighted by Crippen LogP contribution is -2.53. The third-order valence-electron chi connectivity index (χ3n) is 6.51. The number of likely N-dealkylation sites (tertiary alicyclic amines) is 2. The summed E-state index contributed by atoms with van der Waals surface area (Å²) in [4.78, 5) is 13.7. The number of nitrogens with zero attached hydrogens (tertiary/aromatic N) is 5. The molecule has 142 valence electrons. The van der Waals surface area contributed by atoms with Crippen LogP contribution in [-0.4, -0.2) is 62.2 Å². The van der Waals surface area contributed by atoms with Crippen molar-refractivity contribution in [2.24, 2.45) is 18.4 Å². The maximum Gasteiger partial charge on any atom is 0.0945 e. The Hall–Kier alpha value is -1.28. The minimum Gasteiger partial charge on any atom is -0.396 e. The second-order valence-electron chi connectivity index (χ2n) is 7.98. The van der Waals surface area contributed by atoms with Gasteiger partial charge in [0.1, 0.15) is 0 Å². The molecule has 2 aromatic rings. The quantitative estimate of drug-likeness (QED) is 0.866. The number of hydrogen-bond donors (Lipinski definition) is 1. The van der Waals surface area contributed by atoms with Crippen molar-refractivity contribution in [1.29, 1.82) is 0 Å². The lowest BCUT2D eigenvalue weighted by molar-refractivity contribution is -0.0454. The summed E-state index contributed by atoms with van der Waals surface area (Å²) in [6.45, 7) is 6.55. The van der Waals surface area contributed by atoms with Crippen LogP contribution in [0.15, 0.2) is 23.4 Å². The topological polar surface area (TPSA) is 57.4 Å². The van der Waals surface area contributed by atoms with Crippen LogP contribution in [-0.2, 0) is 20.1 Å². The summed E-state index contributed by atoms with van der Waals surface area (Å²) >= 11 is 1.66. The molecule has 0 amide bonds. The van der Waals surface area contributed by atoms with Crippen molar-refractivity contribution in [2.75, 3.05) is 32.8 Å². The van der Waals surface area contributed by atoms with E-state index in [0.717, 1.165) is 45.0 Å².